The summed E-state index contributed by atoms with van der Waals surface area (Å²) in [4.78, 5) is 0. The van der Waals surface area contributed by atoms with Gasteiger partial charge in [0, 0.05) is 76.6 Å². The van der Waals surface area contributed by atoms with Gasteiger partial charge in [-0.2, -0.15) is 0 Å². The quantitative estimate of drug-likeness (QED) is 0.168. The number of fused-ring (bicyclic) bond motifs is 16. The highest BCUT2D eigenvalue weighted by molar-refractivity contribution is 6.21. The van der Waals surface area contributed by atoms with E-state index >= 15 is 0 Å². The molecule has 0 aliphatic carbocycles. The average molecular weight is 839 g/mol. The van der Waals surface area contributed by atoms with Gasteiger partial charge in [-0.1, -0.05) is 146 Å². The maximum atomic E-state index is 2.48. The van der Waals surface area contributed by atoms with Crippen molar-refractivity contribution in [2.45, 2.75) is 0 Å². The van der Waals surface area contributed by atoms with Gasteiger partial charge in [0.2, 0.25) is 0 Å². The molecule has 0 atom stereocenters. The van der Waals surface area contributed by atoms with Crippen LogP contribution in [-0.4, -0.2) is 18.3 Å². The highest BCUT2D eigenvalue weighted by atomic mass is 15.0. The summed E-state index contributed by atoms with van der Waals surface area (Å²) in [6, 6.07) is 85.1. The molecule has 0 saturated heterocycles. The molecular weight excluding hydrogens is 801 g/mol. The lowest BCUT2D eigenvalue weighted by Gasteiger charge is -2.14. The summed E-state index contributed by atoms with van der Waals surface area (Å²) in [5.41, 5.74) is 14.2. The molecule has 306 valence electrons. The lowest BCUT2D eigenvalue weighted by Crippen LogP contribution is -1.99. The van der Waals surface area contributed by atoms with Crippen molar-refractivity contribution in [3.05, 3.63) is 231 Å². The average Bonchev–Trinajstić information content (AvgIpc) is 4.11. The first kappa shape index (κ1) is 35.6. The molecule has 4 heteroatoms. The van der Waals surface area contributed by atoms with Gasteiger partial charge in [-0.3, -0.25) is 0 Å². The summed E-state index contributed by atoms with van der Waals surface area (Å²) in [5, 5.41) is 14.9. The molecule has 0 bridgehead atoms. The highest BCUT2D eigenvalue weighted by Gasteiger charge is 2.21. The first-order valence-electron chi connectivity index (χ1n) is 22.8. The van der Waals surface area contributed by atoms with Gasteiger partial charge in [-0.15, -0.1) is 0 Å². The van der Waals surface area contributed by atoms with Crippen LogP contribution < -0.4 is 0 Å². The van der Waals surface area contributed by atoms with E-state index in [2.05, 4.69) is 249 Å². The molecule has 0 N–H and O–H groups in total. The number of benzene rings is 11. The minimum absolute atomic E-state index is 1.12. The summed E-state index contributed by atoms with van der Waals surface area (Å²) >= 11 is 0. The molecule has 15 rings (SSSR count). The molecule has 0 aliphatic heterocycles. The predicted molar refractivity (Wildman–Crippen MR) is 279 cm³/mol. The molecular formula is C62H38N4. The van der Waals surface area contributed by atoms with Crippen molar-refractivity contribution in [1.29, 1.82) is 0 Å². The van der Waals surface area contributed by atoms with Crippen LogP contribution in [0.2, 0.25) is 0 Å². The molecule has 4 aromatic heterocycles. The van der Waals surface area contributed by atoms with Crippen molar-refractivity contribution < 1.29 is 0 Å². The number of rotatable bonds is 4. The maximum absolute atomic E-state index is 2.48. The smallest absolute Gasteiger partial charge is 0.0619 e. The fourth-order valence-corrected chi connectivity index (χ4v) is 11.5. The molecule has 66 heavy (non-hydrogen) atoms. The second-order valence-corrected chi connectivity index (χ2v) is 17.7. The second kappa shape index (κ2) is 13.3. The van der Waals surface area contributed by atoms with Crippen LogP contribution in [0.4, 0.5) is 0 Å². The molecule has 11 aromatic carbocycles. The zero-order valence-electron chi connectivity index (χ0n) is 35.7. The maximum Gasteiger partial charge on any atom is 0.0619 e. The van der Waals surface area contributed by atoms with Gasteiger partial charge < -0.3 is 18.3 Å². The van der Waals surface area contributed by atoms with Gasteiger partial charge in [0.1, 0.15) is 0 Å². The Bertz CT molecular complexity index is 4120. The van der Waals surface area contributed by atoms with Gasteiger partial charge in [-0.05, 0) is 95.7 Å². The fraction of sp³-hybridized carbons (Fsp3) is 0. The lowest BCUT2D eigenvalue weighted by molar-refractivity contribution is 1.14. The van der Waals surface area contributed by atoms with E-state index in [1.165, 1.54) is 109 Å². The third-order valence-corrected chi connectivity index (χ3v) is 14.3. The van der Waals surface area contributed by atoms with E-state index in [0.717, 1.165) is 22.7 Å². The van der Waals surface area contributed by atoms with E-state index in [9.17, 15) is 0 Å². The summed E-state index contributed by atoms with van der Waals surface area (Å²) in [6.45, 7) is 0. The van der Waals surface area contributed by atoms with Crippen LogP contribution in [0.3, 0.4) is 0 Å². The number of hydrogen-bond donors (Lipinski definition) is 0. The van der Waals surface area contributed by atoms with Crippen LogP contribution in [0.5, 0.6) is 0 Å². The summed E-state index contributed by atoms with van der Waals surface area (Å²) in [5.74, 6) is 0. The van der Waals surface area contributed by atoms with Gasteiger partial charge in [0.05, 0.1) is 44.1 Å². The van der Waals surface area contributed by atoms with E-state index < -0.39 is 0 Å². The number of para-hydroxylation sites is 4. The predicted octanol–water partition coefficient (Wildman–Crippen LogP) is 16.4. The van der Waals surface area contributed by atoms with Gasteiger partial charge in [-0.25, -0.2) is 0 Å². The number of hydrogen-bond acceptors (Lipinski definition) is 0. The molecule has 4 heterocycles. The molecule has 0 aliphatic rings. The van der Waals surface area contributed by atoms with Gasteiger partial charge in [0.15, 0.2) is 0 Å². The van der Waals surface area contributed by atoms with Crippen molar-refractivity contribution in [3.63, 3.8) is 0 Å². The lowest BCUT2D eigenvalue weighted by atomic mass is 10.1. The SMILES string of the molecule is c1ccc2c(c1)ccc1c3cc(-n4c5ccccc5c5ccccc54)ccc3n(-c3ccc(-n4c5ccc(-n6c7ccccc7c7ccccc76)cc5c5ccc6ccccc6c54)cc3)c21. The van der Waals surface area contributed by atoms with E-state index in [-0.39, 0.29) is 0 Å². The Hall–Kier alpha value is -8.86. The Morgan fingerprint density at radius 3 is 0.864 bits per heavy atom. The standard InChI is InChI=1S/C62H38N4/c1-3-15-45-39(13-1)25-33-51-53-37-43(63-55-21-9-5-17-47(55)48-18-6-10-22-56(48)63)31-35-59(53)65(61(45)51)41-27-29-42(30-28-41)66-60-36-32-44(38-54(60)52-34-26-40-14-2-4-16-46(40)62(52)66)64-57-23-11-7-19-49(57)50-20-8-12-24-58(50)64/h1-38H. The molecule has 15 aromatic rings. The van der Waals surface area contributed by atoms with Crippen LogP contribution in [0, 0.1) is 0 Å². The minimum Gasteiger partial charge on any atom is -0.309 e. The first-order chi connectivity index (χ1) is 32.8. The third-order valence-electron chi connectivity index (χ3n) is 14.3. The first-order valence-corrected chi connectivity index (χ1v) is 22.8. The van der Waals surface area contributed by atoms with Crippen LogP contribution >= 0.6 is 0 Å². The summed E-state index contributed by atoms with van der Waals surface area (Å²) in [6.07, 6.45) is 0. The molecule has 0 radical (unpaired) electrons. The Labute approximate surface area is 378 Å². The van der Waals surface area contributed by atoms with E-state index in [1.807, 2.05) is 0 Å². The molecule has 4 nitrogen and oxygen atoms in total. The van der Waals surface area contributed by atoms with Crippen LogP contribution in [0.1, 0.15) is 0 Å². The van der Waals surface area contributed by atoms with Crippen molar-refractivity contribution >= 4 is 109 Å². The summed E-state index contributed by atoms with van der Waals surface area (Å²) < 4.78 is 9.80. The normalized spacial score (nSPS) is 12.2. The van der Waals surface area contributed by atoms with Crippen LogP contribution in [0.15, 0.2) is 231 Å². The molecule has 0 saturated carbocycles. The van der Waals surface area contributed by atoms with Crippen LogP contribution in [-0.2, 0) is 0 Å². The van der Waals surface area contributed by atoms with Crippen LogP contribution in [0.25, 0.3) is 132 Å². The van der Waals surface area contributed by atoms with Crippen molar-refractivity contribution in [3.8, 4) is 22.7 Å². The van der Waals surface area contributed by atoms with Crippen molar-refractivity contribution in [1.82, 2.24) is 18.3 Å². The Morgan fingerprint density at radius 2 is 0.485 bits per heavy atom. The van der Waals surface area contributed by atoms with E-state index in [1.54, 1.807) is 0 Å². The molecule has 0 amide bonds. The van der Waals surface area contributed by atoms with Crippen molar-refractivity contribution in [2.24, 2.45) is 0 Å². The highest BCUT2D eigenvalue weighted by Crippen LogP contribution is 2.42. The van der Waals surface area contributed by atoms with E-state index in [0.29, 0.717) is 0 Å². The Morgan fingerprint density at radius 1 is 0.182 bits per heavy atom. The zero-order valence-corrected chi connectivity index (χ0v) is 35.7. The minimum atomic E-state index is 1.12. The van der Waals surface area contributed by atoms with E-state index in [4.69, 9.17) is 0 Å². The summed E-state index contributed by atoms with van der Waals surface area (Å²) in [7, 11) is 0. The molecule has 0 fully saturated rings. The Kier molecular flexibility index (Phi) is 7.19. The largest absolute Gasteiger partial charge is 0.309 e. The monoisotopic (exact) mass is 838 g/mol. The topological polar surface area (TPSA) is 19.7 Å². The molecule has 0 spiro atoms. The second-order valence-electron chi connectivity index (χ2n) is 17.7. The van der Waals surface area contributed by atoms with Crippen molar-refractivity contribution in [2.75, 3.05) is 0 Å². The van der Waals surface area contributed by atoms with Gasteiger partial charge >= 0.3 is 0 Å². The fourth-order valence-electron chi connectivity index (χ4n) is 11.5. The third kappa shape index (κ3) is 4.82. The number of aromatic nitrogens is 4. The Balaban J connectivity index is 0.947. The van der Waals surface area contributed by atoms with Gasteiger partial charge in [0.25, 0.3) is 0 Å². The number of nitrogens with zero attached hydrogens (tertiary/aromatic N) is 4. The molecule has 0 unspecified atom stereocenters. The zero-order chi connectivity index (χ0) is 43.0.